The van der Waals surface area contributed by atoms with Gasteiger partial charge in [-0.2, -0.15) is 0 Å². The number of rotatable bonds is 5. The van der Waals surface area contributed by atoms with E-state index < -0.39 is 0 Å². The van der Waals surface area contributed by atoms with E-state index in [0.29, 0.717) is 18.7 Å². The lowest BCUT2D eigenvalue weighted by Crippen LogP contribution is -2.40. The summed E-state index contributed by atoms with van der Waals surface area (Å²) < 4.78 is 13.4. The van der Waals surface area contributed by atoms with Crippen LogP contribution in [0.5, 0.6) is 0 Å². The molecule has 0 bridgehead atoms. The summed E-state index contributed by atoms with van der Waals surface area (Å²) in [6, 6.07) is 5.06. The minimum Gasteiger partial charge on any atom is -0.395 e. The number of nitrogens with one attached hydrogen (secondary N) is 1. The van der Waals surface area contributed by atoms with E-state index in [4.69, 9.17) is 0 Å². The molecule has 0 radical (unpaired) electrons. The highest BCUT2D eigenvalue weighted by molar-refractivity contribution is 5.78. The molecule has 1 aliphatic heterocycles. The van der Waals surface area contributed by atoms with Gasteiger partial charge in [-0.1, -0.05) is 12.1 Å². The van der Waals surface area contributed by atoms with E-state index >= 15 is 0 Å². The Bertz CT molecular complexity index is 479. The first-order valence-electron chi connectivity index (χ1n) is 6.97. The Hall–Kier alpha value is -1.46. The van der Waals surface area contributed by atoms with Gasteiger partial charge in [0.1, 0.15) is 5.82 Å². The lowest BCUT2D eigenvalue weighted by molar-refractivity contribution is -0.122. The Balaban J connectivity index is 1.81. The van der Waals surface area contributed by atoms with Gasteiger partial charge in [0, 0.05) is 12.6 Å². The first kappa shape index (κ1) is 14.9. The van der Waals surface area contributed by atoms with Crippen molar-refractivity contribution < 1.29 is 14.3 Å². The van der Waals surface area contributed by atoms with Crippen LogP contribution in [0.25, 0.3) is 0 Å². The minimum atomic E-state index is -0.253. The highest BCUT2D eigenvalue weighted by Gasteiger charge is 2.25. The minimum absolute atomic E-state index is 0.0914. The molecule has 1 aromatic rings. The van der Waals surface area contributed by atoms with Crippen LogP contribution >= 0.6 is 0 Å². The van der Waals surface area contributed by atoms with Gasteiger partial charge in [-0.05, 0) is 43.5 Å². The molecule has 1 atom stereocenters. The Morgan fingerprint density at radius 2 is 2.35 bits per heavy atom. The maximum Gasteiger partial charge on any atom is 0.234 e. The zero-order valence-electron chi connectivity index (χ0n) is 11.7. The van der Waals surface area contributed by atoms with E-state index in [1.165, 1.54) is 6.07 Å². The highest BCUT2D eigenvalue weighted by atomic mass is 19.1. The van der Waals surface area contributed by atoms with Crippen LogP contribution in [0.2, 0.25) is 0 Å². The van der Waals surface area contributed by atoms with Crippen LogP contribution in [0.1, 0.15) is 24.0 Å². The first-order chi connectivity index (χ1) is 9.60. The van der Waals surface area contributed by atoms with Gasteiger partial charge in [-0.3, -0.25) is 9.69 Å². The van der Waals surface area contributed by atoms with Gasteiger partial charge < -0.3 is 10.4 Å². The molecule has 0 aromatic heterocycles. The normalized spacial score (nSPS) is 19.2. The Labute approximate surface area is 118 Å². The highest BCUT2D eigenvalue weighted by Crippen LogP contribution is 2.15. The molecule has 110 valence electrons. The lowest BCUT2D eigenvalue weighted by Gasteiger charge is -2.21. The van der Waals surface area contributed by atoms with Gasteiger partial charge in [-0.15, -0.1) is 0 Å². The summed E-state index contributed by atoms with van der Waals surface area (Å²) in [7, 11) is 0. The summed E-state index contributed by atoms with van der Waals surface area (Å²) in [6.07, 6.45) is 1.95. The van der Waals surface area contributed by atoms with Gasteiger partial charge in [0.25, 0.3) is 0 Å². The standard InChI is InChI=1S/C15H21FN2O2/c1-11-4-5-12(7-14(11)16)8-17-15(20)9-18-6-2-3-13(18)10-19/h4-5,7,13,19H,2-3,6,8-10H2,1H3,(H,17,20)/t13-/m1/s1. The molecule has 2 rings (SSSR count). The van der Waals surface area contributed by atoms with Crippen molar-refractivity contribution >= 4 is 5.91 Å². The van der Waals surface area contributed by atoms with Crippen molar-refractivity contribution in [3.8, 4) is 0 Å². The van der Waals surface area contributed by atoms with E-state index in [9.17, 15) is 14.3 Å². The average molecular weight is 280 g/mol. The van der Waals surface area contributed by atoms with Crippen molar-refractivity contribution in [1.82, 2.24) is 10.2 Å². The fourth-order valence-corrected chi connectivity index (χ4v) is 2.50. The third-order valence-corrected chi connectivity index (χ3v) is 3.78. The first-order valence-corrected chi connectivity index (χ1v) is 6.97. The molecule has 1 amide bonds. The fraction of sp³-hybridized carbons (Fsp3) is 0.533. The molecule has 0 spiro atoms. The number of likely N-dealkylation sites (tertiary alicyclic amines) is 1. The van der Waals surface area contributed by atoms with Crippen molar-refractivity contribution in [3.05, 3.63) is 35.1 Å². The van der Waals surface area contributed by atoms with Gasteiger partial charge >= 0.3 is 0 Å². The quantitative estimate of drug-likeness (QED) is 0.852. The summed E-state index contributed by atoms with van der Waals surface area (Å²) in [5.41, 5.74) is 1.35. The summed E-state index contributed by atoms with van der Waals surface area (Å²) in [5, 5.41) is 12.0. The molecule has 20 heavy (non-hydrogen) atoms. The van der Waals surface area contributed by atoms with Crippen LogP contribution in [0.15, 0.2) is 18.2 Å². The molecule has 5 heteroatoms. The molecular weight excluding hydrogens is 259 g/mol. The summed E-state index contributed by atoms with van der Waals surface area (Å²) in [6.45, 7) is 3.27. The van der Waals surface area contributed by atoms with Crippen molar-refractivity contribution in [2.75, 3.05) is 19.7 Å². The number of hydrogen-bond donors (Lipinski definition) is 2. The SMILES string of the molecule is Cc1ccc(CNC(=O)CN2CCC[C@@H]2CO)cc1F. The van der Waals surface area contributed by atoms with E-state index in [-0.39, 0.29) is 24.4 Å². The van der Waals surface area contributed by atoms with Crippen LogP contribution in [-0.4, -0.2) is 41.7 Å². The second-order valence-electron chi connectivity index (χ2n) is 5.31. The number of amides is 1. The number of aliphatic hydroxyl groups excluding tert-OH is 1. The van der Waals surface area contributed by atoms with E-state index in [2.05, 4.69) is 5.32 Å². The van der Waals surface area contributed by atoms with Crippen molar-refractivity contribution in [3.63, 3.8) is 0 Å². The molecule has 1 fully saturated rings. The predicted octanol–water partition coefficient (Wildman–Crippen LogP) is 1.21. The zero-order valence-corrected chi connectivity index (χ0v) is 11.7. The van der Waals surface area contributed by atoms with Gasteiger partial charge in [0.15, 0.2) is 0 Å². The number of carbonyl (C=O) groups is 1. The molecular formula is C15H21FN2O2. The number of carbonyl (C=O) groups excluding carboxylic acids is 1. The van der Waals surface area contributed by atoms with Crippen LogP contribution in [-0.2, 0) is 11.3 Å². The van der Waals surface area contributed by atoms with Gasteiger partial charge in [0.2, 0.25) is 5.91 Å². The maximum absolute atomic E-state index is 13.4. The summed E-state index contributed by atoms with van der Waals surface area (Å²) in [4.78, 5) is 13.8. The van der Waals surface area contributed by atoms with Crippen LogP contribution < -0.4 is 5.32 Å². The number of nitrogens with zero attached hydrogens (tertiary/aromatic N) is 1. The number of aryl methyl sites for hydroxylation is 1. The van der Waals surface area contributed by atoms with Crippen LogP contribution in [0.3, 0.4) is 0 Å². The molecule has 0 saturated carbocycles. The number of aliphatic hydroxyl groups is 1. The molecule has 0 unspecified atom stereocenters. The molecule has 0 aliphatic carbocycles. The number of halogens is 1. The van der Waals surface area contributed by atoms with E-state index in [0.717, 1.165) is 24.9 Å². The molecule has 1 saturated heterocycles. The second kappa shape index (κ2) is 6.81. The predicted molar refractivity (Wildman–Crippen MR) is 74.7 cm³/mol. The van der Waals surface area contributed by atoms with Gasteiger partial charge in [-0.25, -0.2) is 4.39 Å². The zero-order chi connectivity index (χ0) is 14.5. The lowest BCUT2D eigenvalue weighted by atomic mass is 10.1. The third kappa shape index (κ3) is 3.77. The number of benzene rings is 1. The maximum atomic E-state index is 13.4. The molecule has 1 aromatic carbocycles. The molecule has 2 N–H and O–H groups in total. The van der Waals surface area contributed by atoms with E-state index in [1.807, 2.05) is 11.0 Å². The summed E-state index contributed by atoms with van der Waals surface area (Å²) in [5.74, 6) is -0.344. The average Bonchev–Trinajstić information content (AvgIpc) is 2.87. The topological polar surface area (TPSA) is 52.6 Å². The molecule has 1 heterocycles. The Kier molecular flexibility index (Phi) is 5.09. The van der Waals surface area contributed by atoms with Gasteiger partial charge in [0.05, 0.1) is 13.2 Å². The largest absolute Gasteiger partial charge is 0.395 e. The molecule has 1 aliphatic rings. The third-order valence-electron chi connectivity index (χ3n) is 3.78. The Morgan fingerprint density at radius 3 is 3.05 bits per heavy atom. The van der Waals surface area contributed by atoms with Crippen LogP contribution in [0, 0.1) is 12.7 Å². The fourth-order valence-electron chi connectivity index (χ4n) is 2.50. The van der Waals surface area contributed by atoms with Crippen molar-refractivity contribution in [2.24, 2.45) is 0 Å². The second-order valence-corrected chi connectivity index (χ2v) is 5.31. The smallest absolute Gasteiger partial charge is 0.234 e. The molecule has 4 nitrogen and oxygen atoms in total. The summed E-state index contributed by atoms with van der Waals surface area (Å²) >= 11 is 0. The van der Waals surface area contributed by atoms with Crippen molar-refractivity contribution in [1.29, 1.82) is 0 Å². The van der Waals surface area contributed by atoms with Crippen LogP contribution in [0.4, 0.5) is 4.39 Å². The van der Waals surface area contributed by atoms with Crippen molar-refractivity contribution in [2.45, 2.75) is 32.4 Å². The number of hydrogen-bond acceptors (Lipinski definition) is 3. The monoisotopic (exact) mass is 280 g/mol. The Morgan fingerprint density at radius 1 is 1.55 bits per heavy atom. The van der Waals surface area contributed by atoms with E-state index in [1.54, 1.807) is 13.0 Å².